The Morgan fingerprint density at radius 2 is 2.26 bits per heavy atom. The predicted molar refractivity (Wildman–Crippen MR) is 73.7 cm³/mol. The maximum Gasteiger partial charge on any atom is 0.292 e. The number of hydrogen-bond acceptors (Lipinski definition) is 4. The molecule has 0 saturated heterocycles. The molecule has 0 aromatic heterocycles. The van der Waals surface area contributed by atoms with Crippen molar-refractivity contribution in [2.45, 2.75) is 45.3 Å². The van der Waals surface area contributed by atoms with Crippen LogP contribution >= 0.6 is 0 Å². The molecule has 2 atom stereocenters. The van der Waals surface area contributed by atoms with E-state index in [4.69, 9.17) is 10.5 Å². The molecular weight excluding hydrogens is 244 g/mol. The molecule has 5 heteroatoms. The fourth-order valence-electron chi connectivity index (χ4n) is 2.62. The molecule has 19 heavy (non-hydrogen) atoms. The minimum absolute atomic E-state index is 0.0434. The van der Waals surface area contributed by atoms with Crippen LogP contribution in [0.2, 0.25) is 0 Å². The summed E-state index contributed by atoms with van der Waals surface area (Å²) in [5.74, 6) is 0.696. The molecule has 0 amide bonds. The van der Waals surface area contributed by atoms with Crippen LogP contribution in [0.1, 0.15) is 38.2 Å². The first-order valence-corrected chi connectivity index (χ1v) is 6.71. The molecule has 104 valence electrons. The van der Waals surface area contributed by atoms with Crippen molar-refractivity contribution < 1.29 is 9.66 Å². The lowest BCUT2D eigenvalue weighted by Gasteiger charge is -2.26. The van der Waals surface area contributed by atoms with Crippen LogP contribution in [0.3, 0.4) is 0 Å². The van der Waals surface area contributed by atoms with E-state index in [1.807, 2.05) is 0 Å². The summed E-state index contributed by atoms with van der Waals surface area (Å²) in [4.78, 5) is 10.4. The van der Waals surface area contributed by atoms with Gasteiger partial charge in [-0.1, -0.05) is 31.9 Å². The van der Waals surface area contributed by atoms with Gasteiger partial charge < -0.3 is 10.5 Å². The third-order valence-corrected chi connectivity index (χ3v) is 3.73. The van der Waals surface area contributed by atoms with E-state index in [-0.39, 0.29) is 17.5 Å². The van der Waals surface area contributed by atoms with Crippen molar-refractivity contribution in [1.82, 2.24) is 0 Å². The maximum absolute atomic E-state index is 10.8. The Morgan fingerprint density at radius 1 is 1.47 bits per heavy atom. The van der Waals surface area contributed by atoms with Crippen LogP contribution in [-0.4, -0.2) is 11.0 Å². The summed E-state index contributed by atoms with van der Waals surface area (Å²) < 4.78 is 5.85. The SMILES string of the molecule is CC1CCCC(OCc2cccc([N+](=O)[O-])c2N)C1. The Bertz CT molecular complexity index is 462. The van der Waals surface area contributed by atoms with Gasteiger partial charge in [0.05, 0.1) is 17.6 Å². The topological polar surface area (TPSA) is 78.4 Å². The largest absolute Gasteiger partial charge is 0.393 e. The van der Waals surface area contributed by atoms with Crippen molar-refractivity contribution in [3.05, 3.63) is 33.9 Å². The minimum atomic E-state index is -0.457. The van der Waals surface area contributed by atoms with E-state index in [0.717, 1.165) is 12.8 Å². The van der Waals surface area contributed by atoms with Crippen LogP contribution in [0.15, 0.2) is 18.2 Å². The molecule has 1 aliphatic carbocycles. The third-order valence-electron chi connectivity index (χ3n) is 3.73. The van der Waals surface area contributed by atoms with Gasteiger partial charge in [0, 0.05) is 11.6 Å². The van der Waals surface area contributed by atoms with E-state index in [9.17, 15) is 10.1 Å². The molecule has 2 rings (SSSR count). The summed E-state index contributed by atoms with van der Waals surface area (Å²) in [6.07, 6.45) is 4.84. The number of benzene rings is 1. The molecule has 1 fully saturated rings. The molecule has 2 N–H and O–H groups in total. The fraction of sp³-hybridized carbons (Fsp3) is 0.571. The molecule has 0 aliphatic heterocycles. The smallest absolute Gasteiger partial charge is 0.292 e. The van der Waals surface area contributed by atoms with Crippen LogP contribution in [0.4, 0.5) is 11.4 Å². The highest BCUT2D eigenvalue weighted by molar-refractivity contribution is 5.62. The van der Waals surface area contributed by atoms with Crippen molar-refractivity contribution in [3.8, 4) is 0 Å². The molecule has 0 bridgehead atoms. The van der Waals surface area contributed by atoms with Gasteiger partial charge in [0.2, 0.25) is 0 Å². The number of rotatable bonds is 4. The second kappa shape index (κ2) is 6.02. The van der Waals surface area contributed by atoms with Crippen LogP contribution in [0, 0.1) is 16.0 Å². The second-order valence-electron chi connectivity index (χ2n) is 5.31. The Labute approximate surface area is 112 Å². The van der Waals surface area contributed by atoms with Crippen LogP contribution in [-0.2, 0) is 11.3 Å². The van der Waals surface area contributed by atoms with E-state index < -0.39 is 4.92 Å². The normalized spacial score (nSPS) is 23.2. The van der Waals surface area contributed by atoms with Gasteiger partial charge in [-0.25, -0.2) is 0 Å². The molecule has 1 aromatic carbocycles. The number of nitro groups is 1. The molecule has 0 spiro atoms. The number of anilines is 1. The Morgan fingerprint density at radius 3 is 2.95 bits per heavy atom. The Hall–Kier alpha value is -1.62. The predicted octanol–water partition coefficient (Wildman–Crippen LogP) is 3.27. The number of ether oxygens (including phenoxy) is 1. The first-order chi connectivity index (χ1) is 9.08. The lowest BCUT2D eigenvalue weighted by Crippen LogP contribution is -2.21. The quantitative estimate of drug-likeness (QED) is 0.514. The van der Waals surface area contributed by atoms with Gasteiger partial charge in [0.15, 0.2) is 0 Å². The van der Waals surface area contributed by atoms with Gasteiger partial charge in [-0.05, 0) is 18.8 Å². The highest BCUT2D eigenvalue weighted by atomic mass is 16.6. The fourth-order valence-corrected chi connectivity index (χ4v) is 2.62. The Balaban J connectivity index is 1.99. The average Bonchev–Trinajstić information content (AvgIpc) is 2.37. The van der Waals surface area contributed by atoms with Crippen molar-refractivity contribution in [2.75, 3.05) is 5.73 Å². The van der Waals surface area contributed by atoms with E-state index in [0.29, 0.717) is 18.1 Å². The lowest BCUT2D eigenvalue weighted by molar-refractivity contribution is -0.384. The number of nitrogen functional groups attached to an aromatic ring is 1. The van der Waals surface area contributed by atoms with Crippen LogP contribution < -0.4 is 5.73 Å². The van der Waals surface area contributed by atoms with Gasteiger partial charge in [0.1, 0.15) is 5.69 Å². The maximum atomic E-state index is 10.8. The number of nitro benzene ring substituents is 1. The number of nitrogens with zero attached hydrogens (tertiary/aromatic N) is 1. The van der Waals surface area contributed by atoms with E-state index in [2.05, 4.69) is 6.92 Å². The molecule has 1 aromatic rings. The number of nitrogens with two attached hydrogens (primary N) is 1. The highest BCUT2D eigenvalue weighted by Crippen LogP contribution is 2.29. The summed E-state index contributed by atoms with van der Waals surface area (Å²) in [6, 6.07) is 4.85. The van der Waals surface area contributed by atoms with Gasteiger partial charge in [-0.15, -0.1) is 0 Å². The summed E-state index contributed by atoms with van der Waals surface area (Å²) in [5.41, 5.74) is 6.68. The first-order valence-electron chi connectivity index (χ1n) is 6.71. The van der Waals surface area contributed by atoms with Gasteiger partial charge in [-0.3, -0.25) is 10.1 Å². The first kappa shape index (κ1) is 13.8. The zero-order valence-corrected chi connectivity index (χ0v) is 11.2. The van der Waals surface area contributed by atoms with E-state index in [1.165, 1.54) is 18.9 Å². The lowest BCUT2D eigenvalue weighted by atomic mass is 9.89. The van der Waals surface area contributed by atoms with Gasteiger partial charge >= 0.3 is 0 Å². The van der Waals surface area contributed by atoms with Crippen LogP contribution in [0.5, 0.6) is 0 Å². The monoisotopic (exact) mass is 264 g/mol. The average molecular weight is 264 g/mol. The van der Waals surface area contributed by atoms with Crippen molar-refractivity contribution in [2.24, 2.45) is 5.92 Å². The highest BCUT2D eigenvalue weighted by Gasteiger charge is 2.20. The summed E-state index contributed by atoms with van der Waals surface area (Å²) in [6.45, 7) is 2.59. The van der Waals surface area contributed by atoms with Crippen molar-refractivity contribution in [1.29, 1.82) is 0 Å². The van der Waals surface area contributed by atoms with Gasteiger partial charge in [0.25, 0.3) is 5.69 Å². The molecule has 0 radical (unpaired) electrons. The zero-order valence-electron chi connectivity index (χ0n) is 11.2. The summed E-state index contributed by atoms with van der Waals surface area (Å²) in [5, 5.41) is 10.8. The Kier molecular flexibility index (Phi) is 4.37. The number of hydrogen-bond donors (Lipinski definition) is 1. The molecular formula is C14H20N2O3. The van der Waals surface area contributed by atoms with Crippen molar-refractivity contribution >= 4 is 11.4 Å². The summed E-state index contributed by atoms with van der Waals surface area (Å²) >= 11 is 0. The van der Waals surface area contributed by atoms with Crippen molar-refractivity contribution in [3.63, 3.8) is 0 Å². The second-order valence-corrected chi connectivity index (χ2v) is 5.31. The zero-order chi connectivity index (χ0) is 13.8. The minimum Gasteiger partial charge on any atom is -0.393 e. The van der Waals surface area contributed by atoms with E-state index in [1.54, 1.807) is 12.1 Å². The molecule has 2 unspecified atom stereocenters. The van der Waals surface area contributed by atoms with Crippen LogP contribution in [0.25, 0.3) is 0 Å². The molecule has 5 nitrogen and oxygen atoms in total. The number of para-hydroxylation sites is 1. The third kappa shape index (κ3) is 3.44. The van der Waals surface area contributed by atoms with E-state index >= 15 is 0 Å². The molecule has 0 heterocycles. The standard InChI is InChI=1S/C14H20N2O3/c1-10-4-2-6-12(8-10)19-9-11-5-3-7-13(14(11)15)16(17)18/h3,5,7,10,12H,2,4,6,8-9,15H2,1H3. The van der Waals surface area contributed by atoms with Gasteiger partial charge in [-0.2, -0.15) is 0 Å². The summed E-state index contributed by atoms with van der Waals surface area (Å²) in [7, 11) is 0. The molecule has 1 saturated carbocycles. The molecule has 1 aliphatic rings.